The Kier molecular flexibility index (Phi) is 8.73. The third-order valence-corrected chi connectivity index (χ3v) is 28.9. The summed E-state index contributed by atoms with van der Waals surface area (Å²) >= 11 is -2.82. The van der Waals surface area contributed by atoms with Gasteiger partial charge in [-0.05, 0) is 0 Å². The molecule has 0 saturated carbocycles. The third kappa shape index (κ3) is 4.97. The summed E-state index contributed by atoms with van der Waals surface area (Å²) in [6.45, 7) is 9.15. The van der Waals surface area contributed by atoms with Crippen LogP contribution in [0.25, 0.3) is 34.4 Å². The fourth-order valence-electron chi connectivity index (χ4n) is 7.76. The second-order valence-corrected chi connectivity index (χ2v) is 28.7. The molecule has 0 N–H and O–H groups in total. The minimum Gasteiger partial charge on any atom is -1.00 e. The standard InChI is InChI=1S/2C18H17.C2H4.2ClH.Hf/c2*1-3-14-11-16-5-4-6-17(18(16)12-14)15-9-7-13(2)8-10-15;1-2;;;/h2*4-12H,3H2,1-2H3;1-2H2;2*1H;/q;;;;;+2/p-2. The van der Waals surface area contributed by atoms with Crippen LogP contribution < -0.4 is 24.8 Å². The molecule has 0 spiro atoms. The Morgan fingerprint density at radius 3 is 1.29 bits per heavy atom. The summed E-state index contributed by atoms with van der Waals surface area (Å²) < 4.78 is 4.49. The largest absolute Gasteiger partial charge is 1.00 e. The van der Waals surface area contributed by atoms with Crippen molar-refractivity contribution in [2.45, 2.75) is 56.2 Å². The molecule has 208 valence electrons. The number of allylic oxidation sites excluding steroid dienone is 2. The number of aryl methyl sites for hydroxylation is 2. The van der Waals surface area contributed by atoms with Gasteiger partial charge in [0.25, 0.3) is 0 Å². The van der Waals surface area contributed by atoms with Crippen LogP contribution in [0.15, 0.2) is 96.1 Å². The van der Waals surface area contributed by atoms with E-state index in [2.05, 4.69) is 125 Å². The molecule has 4 aromatic carbocycles. The van der Waals surface area contributed by atoms with Crippen molar-refractivity contribution >= 4 is 12.2 Å². The molecule has 0 bridgehead atoms. The summed E-state index contributed by atoms with van der Waals surface area (Å²) in [7, 11) is 0. The molecular formula is C38H38Cl2Hf. The zero-order valence-electron chi connectivity index (χ0n) is 24.5. The zero-order chi connectivity index (χ0) is 26.7. The first kappa shape index (κ1) is 30.3. The molecule has 1 heterocycles. The van der Waals surface area contributed by atoms with Gasteiger partial charge in [0, 0.05) is 0 Å². The second-order valence-electron chi connectivity index (χ2n) is 12.1. The predicted molar refractivity (Wildman–Crippen MR) is 165 cm³/mol. The maximum Gasteiger partial charge on any atom is -1.00 e. The van der Waals surface area contributed by atoms with Crippen molar-refractivity contribution in [1.29, 1.82) is 0 Å². The van der Waals surface area contributed by atoms with E-state index in [4.69, 9.17) is 0 Å². The molecule has 7 rings (SSSR count). The Morgan fingerprint density at radius 1 is 0.561 bits per heavy atom. The number of fused-ring (bicyclic) bond motifs is 2. The Bertz CT molecular complexity index is 1520. The van der Waals surface area contributed by atoms with Crippen LogP contribution in [0.4, 0.5) is 0 Å². The summed E-state index contributed by atoms with van der Waals surface area (Å²) in [4.78, 5) is 0. The molecule has 41 heavy (non-hydrogen) atoms. The maximum absolute atomic E-state index is 2.82. The van der Waals surface area contributed by atoms with Gasteiger partial charge in [0.1, 0.15) is 0 Å². The van der Waals surface area contributed by atoms with Crippen LogP contribution in [0.1, 0.15) is 67.4 Å². The molecule has 0 nitrogen and oxygen atoms in total. The molecule has 3 aliphatic rings. The van der Waals surface area contributed by atoms with Gasteiger partial charge in [0.05, 0.1) is 0 Å². The van der Waals surface area contributed by atoms with Crippen LogP contribution in [0.3, 0.4) is 0 Å². The Hall–Kier alpha value is -2.19. The van der Waals surface area contributed by atoms with Gasteiger partial charge in [0.2, 0.25) is 0 Å². The van der Waals surface area contributed by atoms with Gasteiger partial charge < -0.3 is 24.8 Å². The first-order valence-corrected chi connectivity index (χ1v) is 24.1. The van der Waals surface area contributed by atoms with E-state index in [1.807, 2.05) is 0 Å². The van der Waals surface area contributed by atoms with Crippen LogP contribution in [0, 0.1) is 13.8 Å². The molecule has 2 unspecified atom stereocenters. The van der Waals surface area contributed by atoms with E-state index in [1.165, 1.54) is 65.7 Å². The van der Waals surface area contributed by atoms with Crippen molar-refractivity contribution < 1.29 is 44.8 Å². The molecule has 0 radical (unpaired) electrons. The van der Waals surface area contributed by atoms with E-state index in [0.29, 0.717) is 0 Å². The number of halogens is 2. The molecule has 0 amide bonds. The van der Waals surface area contributed by atoms with Gasteiger partial charge in [-0.25, -0.2) is 0 Å². The third-order valence-electron chi connectivity index (χ3n) is 9.82. The summed E-state index contributed by atoms with van der Waals surface area (Å²) in [5.74, 6) is 0. The molecule has 1 aliphatic heterocycles. The van der Waals surface area contributed by atoms with E-state index in [0.717, 1.165) is 7.35 Å². The van der Waals surface area contributed by atoms with Crippen LogP contribution in [-0.2, 0) is 20.0 Å². The van der Waals surface area contributed by atoms with E-state index in [9.17, 15) is 0 Å². The molecule has 2 aliphatic carbocycles. The van der Waals surface area contributed by atoms with Crippen LogP contribution in [0.5, 0.6) is 0 Å². The first-order valence-electron chi connectivity index (χ1n) is 14.8. The number of benzene rings is 4. The maximum atomic E-state index is 2.61. The van der Waals surface area contributed by atoms with Crippen LogP contribution in [-0.4, -0.2) is 0 Å². The predicted octanol–water partition coefficient (Wildman–Crippen LogP) is 5.05. The minimum absolute atomic E-state index is 0. The van der Waals surface area contributed by atoms with Gasteiger partial charge in [-0.1, -0.05) is 0 Å². The first-order chi connectivity index (χ1) is 19.0. The average molecular weight is 744 g/mol. The van der Waals surface area contributed by atoms with Gasteiger partial charge in [-0.15, -0.1) is 0 Å². The molecular weight excluding hydrogens is 706 g/mol. The fourth-order valence-corrected chi connectivity index (χ4v) is 36.3. The molecule has 3 heteroatoms. The van der Waals surface area contributed by atoms with Gasteiger partial charge in [-0.3, -0.25) is 0 Å². The summed E-state index contributed by atoms with van der Waals surface area (Å²) in [5, 5.41) is 0. The normalized spacial score (nSPS) is 18.5. The SMILES string of the molecule is CCC1=Cc2c(-c3ccc(C)cc3)cccc2[CH]1[Hf+2]1([CH]2C(CC)=Cc3c(-c4ccc(C)cc4)cccc32)[CH2][CH2]1.[Cl-].[Cl-]. The van der Waals surface area contributed by atoms with Crippen molar-refractivity contribution in [3.05, 3.63) is 129 Å². The Morgan fingerprint density at radius 2 is 0.951 bits per heavy atom. The fraction of sp³-hybridized carbons (Fsp3) is 0.263. The van der Waals surface area contributed by atoms with Crippen molar-refractivity contribution in [2.75, 3.05) is 0 Å². The average Bonchev–Trinajstić information content (AvgIpc) is 3.49. The zero-order valence-corrected chi connectivity index (χ0v) is 29.6. The van der Waals surface area contributed by atoms with E-state index >= 15 is 0 Å². The smallest absolute Gasteiger partial charge is 1.00 e. The Balaban J connectivity index is 0.00000169. The quantitative estimate of drug-likeness (QED) is 0.243. The number of hydrogen-bond acceptors (Lipinski definition) is 0. The minimum atomic E-state index is -2.82. The molecule has 1 fully saturated rings. The summed E-state index contributed by atoms with van der Waals surface area (Å²) in [6.07, 6.45) is 7.57. The molecule has 0 aromatic heterocycles. The van der Waals surface area contributed by atoms with Crippen LogP contribution >= 0.6 is 0 Å². The number of hydrogen-bond donors (Lipinski definition) is 0. The molecule has 2 atom stereocenters. The summed E-state index contributed by atoms with van der Waals surface area (Å²) in [6, 6.07) is 32.6. The van der Waals surface area contributed by atoms with Crippen molar-refractivity contribution in [1.82, 2.24) is 0 Å². The topological polar surface area (TPSA) is 0 Å². The number of rotatable bonds is 6. The van der Waals surface area contributed by atoms with E-state index < -0.39 is 20.0 Å². The van der Waals surface area contributed by atoms with E-state index in [1.54, 1.807) is 22.3 Å². The monoisotopic (exact) mass is 744 g/mol. The second kappa shape index (κ2) is 11.8. The van der Waals surface area contributed by atoms with Crippen molar-refractivity contribution in [2.24, 2.45) is 0 Å². The van der Waals surface area contributed by atoms with E-state index in [-0.39, 0.29) is 24.8 Å². The summed E-state index contributed by atoms with van der Waals surface area (Å²) in [5.41, 5.74) is 18.0. The van der Waals surface area contributed by atoms with Gasteiger partial charge in [0.15, 0.2) is 0 Å². The van der Waals surface area contributed by atoms with Crippen molar-refractivity contribution in [3.63, 3.8) is 0 Å². The van der Waals surface area contributed by atoms with Crippen molar-refractivity contribution in [3.8, 4) is 22.3 Å². The molecule has 1 saturated heterocycles. The Labute approximate surface area is 263 Å². The van der Waals surface area contributed by atoms with Gasteiger partial charge in [-0.2, -0.15) is 0 Å². The van der Waals surface area contributed by atoms with Crippen LogP contribution in [0.2, 0.25) is 8.35 Å². The van der Waals surface area contributed by atoms with Gasteiger partial charge >= 0.3 is 240 Å². The molecule has 4 aromatic rings.